The van der Waals surface area contributed by atoms with Crippen LogP contribution in [-0.2, 0) is 14.8 Å². The quantitative estimate of drug-likeness (QED) is 0.651. The molecular formula is C24H22N2O4S. The van der Waals surface area contributed by atoms with Crippen molar-refractivity contribution >= 4 is 32.9 Å². The van der Waals surface area contributed by atoms with E-state index in [4.69, 9.17) is 4.74 Å². The number of amides is 1. The lowest BCUT2D eigenvalue weighted by Crippen LogP contribution is -2.39. The Bertz CT molecular complexity index is 1250. The van der Waals surface area contributed by atoms with Gasteiger partial charge < -0.3 is 10.1 Å². The lowest BCUT2D eigenvalue weighted by Gasteiger charge is -2.32. The number of hydrogen-bond donors (Lipinski definition) is 1. The van der Waals surface area contributed by atoms with Gasteiger partial charge in [-0.25, -0.2) is 8.42 Å². The third-order valence-electron chi connectivity index (χ3n) is 5.12. The van der Waals surface area contributed by atoms with E-state index in [2.05, 4.69) is 5.32 Å². The summed E-state index contributed by atoms with van der Waals surface area (Å²) in [6.07, 6.45) is 0. The van der Waals surface area contributed by atoms with Crippen molar-refractivity contribution in [2.24, 2.45) is 0 Å². The summed E-state index contributed by atoms with van der Waals surface area (Å²) < 4.78 is 33.6. The largest absolute Gasteiger partial charge is 0.497 e. The van der Waals surface area contributed by atoms with Crippen LogP contribution in [0.25, 0.3) is 5.57 Å². The van der Waals surface area contributed by atoms with Crippen LogP contribution in [0.15, 0.2) is 83.8 Å². The maximum Gasteiger partial charge on any atom is 0.270 e. The molecule has 0 saturated heterocycles. The summed E-state index contributed by atoms with van der Waals surface area (Å²) in [5.74, 6) is -0.0458. The average Bonchev–Trinajstić information content (AvgIpc) is 2.79. The van der Waals surface area contributed by atoms with Crippen molar-refractivity contribution in [2.45, 2.75) is 6.92 Å². The zero-order valence-electron chi connectivity index (χ0n) is 17.2. The van der Waals surface area contributed by atoms with Crippen molar-refractivity contribution < 1.29 is 17.9 Å². The Hall–Kier alpha value is -3.58. The first-order valence-electron chi connectivity index (χ1n) is 9.84. The fourth-order valence-electron chi connectivity index (χ4n) is 3.72. The number of ether oxygens (including phenoxy) is 1. The van der Waals surface area contributed by atoms with E-state index in [0.717, 1.165) is 0 Å². The number of fused-ring (bicyclic) bond motifs is 1. The number of rotatable bonds is 5. The standard InChI is InChI=1S/C24H22N2O4S/c1-3-26-21-12-8-7-11-20(21)22(17-9-5-4-6-10-17)23(31(26,28)29)24(27)25-18-13-15-19(30-2)16-14-18/h4-16H,3H2,1-2H3,(H,25,27). The molecule has 0 aliphatic carbocycles. The van der Waals surface area contributed by atoms with E-state index in [1.807, 2.05) is 42.5 Å². The smallest absolute Gasteiger partial charge is 0.270 e. The highest BCUT2D eigenvalue weighted by Gasteiger charge is 2.40. The SMILES string of the molecule is CCN1c2ccccc2C(c2ccccc2)=C(C(=O)Nc2ccc(OC)cc2)S1(=O)=O. The van der Waals surface area contributed by atoms with Crippen LogP contribution in [-0.4, -0.2) is 28.0 Å². The van der Waals surface area contributed by atoms with Gasteiger partial charge in [0, 0.05) is 23.4 Å². The number of hydrogen-bond acceptors (Lipinski definition) is 4. The Morgan fingerprint density at radius 1 is 0.935 bits per heavy atom. The first-order chi connectivity index (χ1) is 15.0. The number of nitrogens with one attached hydrogen (secondary N) is 1. The fourth-order valence-corrected chi connectivity index (χ4v) is 5.47. The van der Waals surface area contributed by atoms with E-state index in [-0.39, 0.29) is 11.4 Å². The first kappa shape index (κ1) is 20.7. The highest BCUT2D eigenvalue weighted by molar-refractivity contribution is 7.97. The normalized spacial score (nSPS) is 14.7. The predicted molar refractivity (Wildman–Crippen MR) is 122 cm³/mol. The maximum absolute atomic E-state index is 13.6. The van der Waals surface area contributed by atoms with E-state index in [1.165, 1.54) is 4.31 Å². The number of nitrogens with zero attached hydrogens (tertiary/aromatic N) is 1. The third-order valence-corrected chi connectivity index (χ3v) is 7.06. The van der Waals surface area contributed by atoms with Crippen molar-refractivity contribution in [1.82, 2.24) is 0 Å². The van der Waals surface area contributed by atoms with Crippen LogP contribution in [0, 0.1) is 0 Å². The van der Waals surface area contributed by atoms with Crippen LogP contribution < -0.4 is 14.4 Å². The summed E-state index contributed by atoms with van der Waals surface area (Å²) in [4.78, 5) is 13.1. The van der Waals surface area contributed by atoms with Gasteiger partial charge in [-0.2, -0.15) is 0 Å². The number of methoxy groups -OCH3 is 1. The lowest BCUT2D eigenvalue weighted by molar-refractivity contribution is -0.112. The molecule has 31 heavy (non-hydrogen) atoms. The lowest BCUT2D eigenvalue weighted by atomic mass is 9.95. The molecule has 158 valence electrons. The zero-order chi connectivity index (χ0) is 22.0. The van der Waals surface area contributed by atoms with Crippen LogP contribution in [0.2, 0.25) is 0 Å². The van der Waals surface area contributed by atoms with Gasteiger partial charge in [0.25, 0.3) is 15.9 Å². The second-order valence-corrected chi connectivity index (χ2v) is 8.74. The van der Waals surface area contributed by atoms with E-state index in [9.17, 15) is 13.2 Å². The summed E-state index contributed by atoms with van der Waals surface area (Å²) in [6, 6.07) is 23.1. The van der Waals surface area contributed by atoms with Crippen molar-refractivity contribution in [3.63, 3.8) is 0 Å². The summed E-state index contributed by atoms with van der Waals surface area (Å²) in [5.41, 5.74) is 2.79. The molecule has 0 spiro atoms. The van der Waals surface area contributed by atoms with Crippen molar-refractivity contribution in [1.29, 1.82) is 0 Å². The third kappa shape index (κ3) is 3.68. The second-order valence-electron chi connectivity index (χ2n) is 6.94. The molecule has 0 atom stereocenters. The number of carbonyl (C=O) groups is 1. The predicted octanol–water partition coefficient (Wildman–Crippen LogP) is 4.26. The molecule has 0 radical (unpaired) electrons. The molecule has 0 bridgehead atoms. The van der Waals surface area contributed by atoms with Crippen LogP contribution in [0.1, 0.15) is 18.1 Å². The molecule has 0 aromatic heterocycles. The molecule has 1 heterocycles. The number of para-hydroxylation sites is 1. The summed E-state index contributed by atoms with van der Waals surface area (Å²) in [5, 5.41) is 2.74. The summed E-state index contributed by atoms with van der Waals surface area (Å²) in [6.45, 7) is 1.96. The summed E-state index contributed by atoms with van der Waals surface area (Å²) in [7, 11) is -2.53. The number of anilines is 2. The highest BCUT2D eigenvalue weighted by Crippen LogP contribution is 2.42. The van der Waals surface area contributed by atoms with Crippen molar-refractivity contribution in [2.75, 3.05) is 23.3 Å². The van der Waals surface area contributed by atoms with Gasteiger partial charge in [-0.1, -0.05) is 48.5 Å². The monoisotopic (exact) mass is 434 g/mol. The van der Waals surface area contributed by atoms with Crippen molar-refractivity contribution in [3.8, 4) is 5.75 Å². The molecule has 3 aromatic carbocycles. The van der Waals surface area contributed by atoms with Crippen LogP contribution in [0.3, 0.4) is 0 Å². The molecule has 6 nitrogen and oxygen atoms in total. The Kier molecular flexibility index (Phi) is 5.52. The molecule has 7 heteroatoms. The van der Waals surface area contributed by atoms with Gasteiger partial charge in [0.05, 0.1) is 12.8 Å². The molecule has 0 unspecified atom stereocenters. The Morgan fingerprint density at radius 3 is 2.23 bits per heavy atom. The molecule has 4 rings (SSSR count). The molecule has 3 aromatic rings. The summed E-state index contributed by atoms with van der Waals surface area (Å²) >= 11 is 0. The van der Waals surface area contributed by atoms with Crippen LogP contribution >= 0.6 is 0 Å². The topological polar surface area (TPSA) is 75.7 Å². The molecule has 1 amide bonds. The fraction of sp³-hybridized carbons (Fsp3) is 0.125. The number of sulfonamides is 1. The second kappa shape index (κ2) is 8.28. The van der Waals surface area contributed by atoms with Crippen LogP contribution in [0.4, 0.5) is 11.4 Å². The molecule has 0 fully saturated rings. The number of carbonyl (C=O) groups excluding carboxylic acids is 1. The van der Waals surface area contributed by atoms with E-state index >= 15 is 0 Å². The van der Waals surface area contributed by atoms with E-state index < -0.39 is 15.9 Å². The molecular weight excluding hydrogens is 412 g/mol. The van der Waals surface area contributed by atoms with Gasteiger partial charge in [-0.3, -0.25) is 9.10 Å². The maximum atomic E-state index is 13.6. The van der Waals surface area contributed by atoms with Gasteiger partial charge in [-0.05, 0) is 42.8 Å². The molecule has 1 aliphatic heterocycles. The van der Waals surface area contributed by atoms with Gasteiger partial charge >= 0.3 is 0 Å². The minimum Gasteiger partial charge on any atom is -0.497 e. The average molecular weight is 435 g/mol. The van der Waals surface area contributed by atoms with Gasteiger partial charge in [0.2, 0.25) is 0 Å². The zero-order valence-corrected chi connectivity index (χ0v) is 18.0. The van der Waals surface area contributed by atoms with E-state index in [1.54, 1.807) is 50.4 Å². The molecule has 0 saturated carbocycles. The minimum atomic E-state index is -4.08. The Balaban J connectivity index is 1.93. The van der Waals surface area contributed by atoms with Crippen molar-refractivity contribution in [3.05, 3.63) is 94.9 Å². The van der Waals surface area contributed by atoms with Gasteiger partial charge in [-0.15, -0.1) is 0 Å². The minimum absolute atomic E-state index is 0.209. The molecule has 1 aliphatic rings. The highest BCUT2D eigenvalue weighted by atomic mass is 32.2. The van der Waals surface area contributed by atoms with Gasteiger partial charge in [0.1, 0.15) is 5.75 Å². The first-order valence-corrected chi connectivity index (χ1v) is 11.3. The van der Waals surface area contributed by atoms with Crippen LogP contribution in [0.5, 0.6) is 5.75 Å². The molecule has 1 N–H and O–H groups in total. The Labute approximate surface area is 181 Å². The van der Waals surface area contributed by atoms with Gasteiger partial charge in [0.15, 0.2) is 4.91 Å². The number of benzene rings is 3. The van der Waals surface area contributed by atoms with E-state index in [0.29, 0.717) is 33.8 Å². The Morgan fingerprint density at radius 2 is 1.58 bits per heavy atom.